The van der Waals surface area contributed by atoms with E-state index in [1.54, 1.807) is 7.11 Å². The zero-order valence-corrected chi connectivity index (χ0v) is 9.95. The van der Waals surface area contributed by atoms with Crippen molar-refractivity contribution in [2.45, 2.75) is 32.4 Å². The minimum Gasteiger partial charge on any atom is -0.377 e. The zero-order chi connectivity index (χ0) is 11.3. The van der Waals surface area contributed by atoms with E-state index in [9.17, 15) is 0 Å². The molecule has 3 nitrogen and oxygen atoms in total. The summed E-state index contributed by atoms with van der Waals surface area (Å²) in [5.74, 6) is 0. The van der Waals surface area contributed by atoms with Gasteiger partial charge in [-0.25, -0.2) is 0 Å². The molecule has 0 bridgehead atoms. The maximum atomic E-state index is 5.35. The summed E-state index contributed by atoms with van der Waals surface area (Å²) in [5.41, 5.74) is 1.12. The molecule has 0 saturated carbocycles. The van der Waals surface area contributed by atoms with Gasteiger partial charge in [-0.1, -0.05) is 0 Å². The lowest BCUT2D eigenvalue weighted by molar-refractivity contribution is 0.0214. The summed E-state index contributed by atoms with van der Waals surface area (Å²) in [5, 5.41) is 3.44. The van der Waals surface area contributed by atoms with Crippen LogP contribution in [-0.4, -0.2) is 24.2 Å². The summed E-state index contributed by atoms with van der Waals surface area (Å²) in [6, 6.07) is 4.37. The number of ether oxygens (including phenoxy) is 1. The normalized spacial score (nSPS) is 13.9. The fourth-order valence-corrected chi connectivity index (χ4v) is 1.24. The van der Waals surface area contributed by atoms with Crippen LogP contribution in [0.2, 0.25) is 0 Å². The molecule has 0 aliphatic carbocycles. The molecular weight excluding hydrogens is 188 g/mol. The van der Waals surface area contributed by atoms with Gasteiger partial charge in [-0.15, -0.1) is 0 Å². The molecule has 0 saturated heterocycles. The Hall–Kier alpha value is -0.930. The van der Waals surface area contributed by atoms with E-state index in [0.717, 1.165) is 6.54 Å². The Morgan fingerprint density at radius 3 is 2.53 bits per heavy atom. The predicted molar refractivity (Wildman–Crippen MR) is 61.7 cm³/mol. The van der Waals surface area contributed by atoms with Gasteiger partial charge in [0.15, 0.2) is 0 Å². The van der Waals surface area contributed by atoms with Crippen molar-refractivity contribution in [3.8, 4) is 0 Å². The number of rotatable bonds is 5. The fourth-order valence-electron chi connectivity index (χ4n) is 1.24. The third-order valence-corrected chi connectivity index (χ3v) is 2.59. The molecule has 0 fully saturated rings. The second-order valence-electron chi connectivity index (χ2n) is 4.35. The molecule has 84 valence electrons. The molecule has 0 spiro atoms. The lowest BCUT2D eigenvalue weighted by atomic mass is 10.1. The smallest absolute Gasteiger partial charge is 0.0746 e. The second-order valence-corrected chi connectivity index (χ2v) is 4.35. The van der Waals surface area contributed by atoms with Gasteiger partial charge in [0.2, 0.25) is 0 Å². The molecule has 0 aliphatic rings. The van der Waals surface area contributed by atoms with Gasteiger partial charge in [0.25, 0.3) is 0 Å². The van der Waals surface area contributed by atoms with Gasteiger partial charge < -0.3 is 10.1 Å². The number of nitrogens with zero attached hydrogens (tertiary/aromatic N) is 1. The van der Waals surface area contributed by atoms with Crippen molar-refractivity contribution in [1.82, 2.24) is 10.3 Å². The maximum Gasteiger partial charge on any atom is 0.0746 e. The van der Waals surface area contributed by atoms with Crippen LogP contribution < -0.4 is 5.32 Å². The molecule has 1 heterocycles. The molecule has 1 rings (SSSR count). The van der Waals surface area contributed by atoms with Gasteiger partial charge in [-0.2, -0.15) is 0 Å². The quantitative estimate of drug-likeness (QED) is 0.805. The Balaban J connectivity index is 2.47. The largest absolute Gasteiger partial charge is 0.377 e. The topological polar surface area (TPSA) is 34.1 Å². The van der Waals surface area contributed by atoms with Gasteiger partial charge in [0.1, 0.15) is 0 Å². The van der Waals surface area contributed by atoms with Crippen molar-refractivity contribution in [3.63, 3.8) is 0 Å². The molecule has 0 radical (unpaired) electrons. The maximum absolute atomic E-state index is 5.35. The molecule has 0 aromatic carbocycles. The van der Waals surface area contributed by atoms with Crippen molar-refractivity contribution < 1.29 is 4.74 Å². The summed E-state index contributed by atoms with van der Waals surface area (Å²) >= 11 is 0. The van der Waals surface area contributed by atoms with Crippen molar-refractivity contribution in [2.75, 3.05) is 13.7 Å². The van der Waals surface area contributed by atoms with Crippen LogP contribution >= 0.6 is 0 Å². The van der Waals surface area contributed by atoms with Crippen LogP contribution in [0.3, 0.4) is 0 Å². The Morgan fingerprint density at radius 2 is 2.00 bits per heavy atom. The first-order valence-electron chi connectivity index (χ1n) is 5.23. The number of aromatic nitrogens is 1. The van der Waals surface area contributed by atoms with Gasteiger partial charge in [-0.3, -0.25) is 4.98 Å². The highest BCUT2D eigenvalue weighted by molar-refractivity contribution is 5.13. The van der Waals surface area contributed by atoms with Crippen molar-refractivity contribution in [1.29, 1.82) is 0 Å². The second kappa shape index (κ2) is 5.24. The van der Waals surface area contributed by atoms with Crippen molar-refractivity contribution in [2.24, 2.45) is 0 Å². The minimum atomic E-state index is -0.124. The molecular formula is C12H20N2O. The summed E-state index contributed by atoms with van der Waals surface area (Å²) in [6.07, 6.45) is 3.63. The predicted octanol–water partition coefficient (Wildman–Crippen LogP) is 2.16. The molecule has 1 N–H and O–H groups in total. The number of pyridine rings is 1. The average Bonchev–Trinajstić information content (AvgIpc) is 2.27. The SMILES string of the molecule is COC(C)(C)CNC(C)c1ccncc1. The van der Waals surface area contributed by atoms with E-state index in [1.807, 2.05) is 24.5 Å². The molecule has 1 unspecified atom stereocenters. The highest BCUT2D eigenvalue weighted by Gasteiger charge is 2.17. The Morgan fingerprint density at radius 1 is 1.40 bits per heavy atom. The first-order valence-corrected chi connectivity index (χ1v) is 5.23. The molecule has 0 aliphatic heterocycles. The van der Waals surface area contributed by atoms with Crippen LogP contribution in [0.1, 0.15) is 32.4 Å². The summed E-state index contributed by atoms with van der Waals surface area (Å²) < 4.78 is 5.35. The Labute approximate surface area is 91.9 Å². The van der Waals surface area contributed by atoms with Crippen LogP contribution in [0, 0.1) is 0 Å². The Kier molecular flexibility index (Phi) is 4.24. The molecule has 0 amide bonds. The van der Waals surface area contributed by atoms with Crippen LogP contribution in [0.15, 0.2) is 24.5 Å². The van der Waals surface area contributed by atoms with E-state index in [4.69, 9.17) is 4.74 Å². The first-order chi connectivity index (χ1) is 7.05. The van der Waals surface area contributed by atoms with E-state index in [0.29, 0.717) is 6.04 Å². The average molecular weight is 208 g/mol. The molecule has 15 heavy (non-hydrogen) atoms. The summed E-state index contributed by atoms with van der Waals surface area (Å²) in [6.45, 7) is 7.10. The third-order valence-electron chi connectivity index (χ3n) is 2.59. The van der Waals surface area contributed by atoms with E-state index in [2.05, 4.69) is 31.1 Å². The third kappa shape index (κ3) is 3.98. The number of hydrogen-bond acceptors (Lipinski definition) is 3. The van der Waals surface area contributed by atoms with Crippen LogP contribution in [0.25, 0.3) is 0 Å². The standard InChI is InChI=1S/C12H20N2O/c1-10(11-5-7-13-8-6-11)14-9-12(2,3)15-4/h5-8,10,14H,9H2,1-4H3. The van der Waals surface area contributed by atoms with Gasteiger partial charge in [-0.05, 0) is 38.5 Å². The molecule has 1 aromatic heterocycles. The fraction of sp³-hybridized carbons (Fsp3) is 0.583. The highest BCUT2D eigenvalue weighted by Crippen LogP contribution is 2.12. The van der Waals surface area contributed by atoms with Crippen molar-refractivity contribution >= 4 is 0 Å². The first kappa shape index (κ1) is 12.1. The number of methoxy groups -OCH3 is 1. The Bertz CT molecular complexity index is 285. The summed E-state index contributed by atoms with van der Waals surface area (Å²) in [4.78, 5) is 4.00. The minimum absolute atomic E-state index is 0.124. The van der Waals surface area contributed by atoms with Crippen molar-refractivity contribution in [3.05, 3.63) is 30.1 Å². The monoisotopic (exact) mass is 208 g/mol. The van der Waals surface area contributed by atoms with Crippen LogP contribution in [0.4, 0.5) is 0 Å². The van der Waals surface area contributed by atoms with E-state index in [-0.39, 0.29) is 5.60 Å². The summed E-state index contributed by atoms with van der Waals surface area (Å²) in [7, 11) is 1.73. The molecule has 1 atom stereocenters. The van der Waals surface area contributed by atoms with Crippen LogP contribution in [-0.2, 0) is 4.74 Å². The van der Waals surface area contributed by atoms with E-state index < -0.39 is 0 Å². The van der Waals surface area contributed by atoms with Gasteiger partial charge >= 0.3 is 0 Å². The number of hydrogen-bond donors (Lipinski definition) is 1. The van der Waals surface area contributed by atoms with Gasteiger partial charge in [0.05, 0.1) is 5.60 Å². The zero-order valence-electron chi connectivity index (χ0n) is 9.95. The highest BCUT2D eigenvalue weighted by atomic mass is 16.5. The van der Waals surface area contributed by atoms with Gasteiger partial charge in [0, 0.05) is 32.1 Å². The lowest BCUT2D eigenvalue weighted by Gasteiger charge is -2.25. The molecule has 1 aromatic rings. The van der Waals surface area contributed by atoms with Crippen LogP contribution in [0.5, 0.6) is 0 Å². The molecule has 3 heteroatoms. The van der Waals surface area contributed by atoms with E-state index in [1.165, 1.54) is 5.56 Å². The lowest BCUT2D eigenvalue weighted by Crippen LogP contribution is -2.37. The van der Waals surface area contributed by atoms with E-state index >= 15 is 0 Å². The number of nitrogens with one attached hydrogen (secondary N) is 1.